The van der Waals surface area contributed by atoms with Crippen LogP contribution in [0.5, 0.6) is 0 Å². The number of rotatable bonds is 2. The molecule has 1 aromatic carbocycles. The maximum atomic E-state index is 11.4. The van der Waals surface area contributed by atoms with E-state index in [4.69, 9.17) is 5.73 Å². The van der Waals surface area contributed by atoms with Gasteiger partial charge in [0.1, 0.15) is 5.82 Å². The number of anilines is 1. The number of aryl methyl sites for hydroxylation is 1. The molecule has 2 aromatic rings. The minimum atomic E-state index is -3.17. The van der Waals surface area contributed by atoms with E-state index in [2.05, 4.69) is 4.98 Å². The highest BCUT2D eigenvalue weighted by Gasteiger charge is 2.08. The lowest BCUT2D eigenvalue weighted by atomic mass is 10.1. The molecule has 0 aliphatic heterocycles. The van der Waals surface area contributed by atoms with E-state index in [1.165, 1.54) is 6.26 Å². The topological polar surface area (TPSA) is 73.0 Å². The van der Waals surface area contributed by atoms with Crippen LogP contribution in [-0.4, -0.2) is 19.7 Å². The summed E-state index contributed by atoms with van der Waals surface area (Å²) in [5, 5.41) is 0. The van der Waals surface area contributed by atoms with Gasteiger partial charge in [0, 0.05) is 11.8 Å². The molecule has 1 aromatic heterocycles. The molecule has 0 atom stereocenters. The molecule has 0 saturated carbocycles. The minimum Gasteiger partial charge on any atom is -0.384 e. The van der Waals surface area contributed by atoms with Gasteiger partial charge in [0.2, 0.25) is 0 Å². The van der Waals surface area contributed by atoms with Gasteiger partial charge in [-0.05, 0) is 30.7 Å². The van der Waals surface area contributed by atoms with Crippen LogP contribution in [0, 0.1) is 6.92 Å². The molecule has 0 saturated heterocycles. The smallest absolute Gasteiger partial charge is 0.175 e. The van der Waals surface area contributed by atoms with Gasteiger partial charge in [0.15, 0.2) is 9.84 Å². The third kappa shape index (κ3) is 2.51. The fourth-order valence-corrected chi connectivity index (χ4v) is 2.33. The van der Waals surface area contributed by atoms with Crippen LogP contribution in [-0.2, 0) is 9.84 Å². The molecule has 94 valence electrons. The Balaban J connectivity index is 2.50. The number of benzene rings is 1. The summed E-state index contributed by atoms with van der Waals surface area (Å²) >= 11 is 0. The first-order valence-electron chi connectivity index (χ1n) is 5.41. The second-order valence-electron chi connectivity index (χ2n) is 4.20. The van der Waals surface area contributed by atoms with E-state index in [1.54, 1.807) is 30.3 Å². The van der Waals surface area contributed by atoms with Crippen molar-refractivity contribution >= 4 is 15.7 Å². The van der Waals surface area contributed by atoms with Gasteiger partial charge in [-0.25, -0.2) is 13.4 Å². The van der Waals surface area contributed by atoms with E-state index in [9.17, 15) is 8.42 Å². The maximum Gasteiger partial charge on any atom is 0.175 e. The maximum absolute atomic E-state index is 11.4. The molecule has 0 bridgehead atoms. The summed E-state index contributed by atoms with van der Waals surface area (Å²) in [6.45, 7) is 1.94. The minimum absolute atomic E-state index is 0.299. The second kappa shape index (κ2) is 4.42. The van der Waals surface area contributed by atoms with Gasteiger partial charge in [-0.15, -0.1) is 0 Å². The molecular weight excluding hydrogens is 248 g/mol. The van der Waals surface area contributed by atoms with Gasteiger partial charge in [-0.1, -0.05) is 18.2 Å². The van der Waals surface area contributed by atoms with E-state index in [0.29, 0.717) is 10.7 Å². The van der Waals surface area contributed by atoms with Gasteiger partial charge < -0.3 is 5.73 Å². The van der Waals surface area contributed by atoms with Crippen LogP contribution < -0.4 is 5.73 Å². The summed E-state index contributed by atoms with van der Waals surface area (Å²) in [4.78, 5) is 4.56. The van der Waals surface area contributed by atoms with E-state index >= 15 is 0 Å². The monoisotopic (exact) mass is 262 g/mol. The Morgan fingerprint density at radius 3 is 2.22 bits per heavy atom. The summed E-state index contributed by atoms with van der Waals surface area (Å²) in [5.41, 5.74) is 8.28. The summed E-state index contributed by atoms with van der Waals surface area (Å²) < 4.78 is 22.7. The lowest BCUT2D eigenvalue weighted by Gasteiger charge is -2.06. The van der Waals surface area contributed by atoms with Crippen LogP contribution in [0.1, 0.15) is 5.56 Å². The van der Waals surface area contributed by atoms with Crippen LogP contribution in [0.25, 0.3) is 11.3 Å². The van der Waals surface area contributed by atoms with Crippen molar-refractivity contribution in [1.29, 1.82) is 0 Å². The molecule has 0 unspecified atom stereocenters. The van der Waals surface area contributed by atoms with E-state index in [1.807, 2.05) is 13.0 Å². The zero-order chi connectivity index (χ0) is 13.3. The molecule has 0 amide bonds. The highest BCUT2D eigenvalue weighted by atomic mass is 32.2. The molecule has 1 heterocycles. The van der Waals surface area contributed by atoms with Crippen molar-refractivity contribution < 1.29 is 8.42 Å². The molecule has 0 aliphatic carbocycles. The predicted octanol–water partition coefficient (Wildman–Crippen LogP) is 2.04. The molecule has 2 N–H and O–H groups in total. The van der Waals surface area contributed by atoms with Crippen molar-refractivity contribution in [3.63, 3.8) is 0 Å². The number of sulfone groups is 1. The Morgan fingerprint density at radius 1 is 1.06 bits per heavy atom. The van der Waals surface area contributed by atoms with Crippen LogP contribution in [0.3, 0.4) is 0 Å². The molecule has 5 heteroatoms. The van der Waals surface area contributed by atoms with Crippen LogP contribution in [0.15, 0.2) is 41.3 Å². The fourth-order valence-electron chi connectivity index (χ4n) is 1.70. The van der Waals surface area contributed by atoms with E-state index < -0.39 is 9.84 Å². The van der Waals surface area contributed by atoms with Gasteiger partial charge >= 0.3 is 0 Å². The standard InChI is InChI=1S/C13H14N2O2S/c1-9-3-8-12(14)15-13(9)10-4-6-11(7-5-10)18(2,16)17/h3-8H,1-2H3,(H2,14,15). The van der Waals surface area contributed by atoms with Gasteiger partial charge in [0.25, 0.3) is 0 Å². The average Bonchev–Trinajstić information content (AvgIpc) is 2.31. The third-order valence-corrected chi connectivity index (χ3v) is 3.80. The van der Waals surface area contributed by atoms with Gasteiger partial charge in [-0.2, -0.15) is 0 Å². The number of pyridine rings is 1. The number of aromatic nitrogens is 1. The first-order valence-corrected chi connectivity index (χ1v) is 7.31. The summed E-state index contributed by atoms with van der Waals surface area (Å²) in [6, 6.07) is 10.3. The molecule has 0 aliphatic rings. The van der Waals surface area contributed by atoms with Gasteiger partial charge in [-0.3, -0.25) is 0 Å². The Bertz CT molecular complexity index is 677. The summed E-state index contributed by atoms with van der Waals surface area (Å²) in [6.07, 6.45) is 1.19. The molecule has 18 heavy (non-hydrogen) atoms. The lowest BCUT2D eigenvalue weighted by Crippen LogP contribution is -1.98. The Labute approximate surface area is 106 Å². The van der Waals surface area contributed by atoms with E-state index in [0.717, 1.165) is 16.8 Å². The predicted molar refractivity (Wildman–Crippen MR) is 71.9 cm³/mol. The molecule has 0 fully saturated rings. The summed E-state index contributed by atoms with van der Waals surface area (Å²) in [5.74, 6) is 0.447. The number of hydrogen-bond acceptors (Lipinski definition) is 4. The summed E-state index contributed by atoms with van der Waals surface area (Å²) in [7, 11) is -3.17. The lowest BCUT2D eigenvalue weighted by molar-refractivity contribution is 0.602. The number of nitrogens with zero attached hydrogens (tertiary/aromatic N) is 1. The van der Waals surface area contributed by atoms with Crippen molar-refractivity contribution in [2.24, 2.45) is 0 Å². The van der Waals surface area contributed by atoms with Crippen LogP contribution >= 0.6 is 0 Å². The molecule has 4 nitrogen and oxygen atoms in total. The van der Waals surface area contributed by atoms with Gasteiger partial charge in [0.05, 0.1) is 10.6 Å². The zero-order valence-electron chi connectivity index (χ0n) is 10.2. The SMILES string of the molecule is Cc1ccc(N)nc1-c1ccc(S(C)(=O)=O)cc1. The van der Waals surface area contributed by atoms with Crippen molar-refractivity contribution in [2.75, 3.05) is 12.0 Å². The zero-order valence-corrected chi connectivity index (χ0v) is 11.0. The average molecular weight is 262 g/mol. The fraction of sp³-hybridized carbons (Fsp3) is 0.154. The molecule has 0 radical (unpaired) electrons. The second-order valence-corrected chi connectivity index (χ2v) is 6.21. The molecule has 0 spiro atoms. The molecular formula is C13H14N2O2S. The first-order chi connectivity index (χ1) is 8.38. The van der Waals surface area contributed by atoms with E-state index in [-0.39, 0.29) is 0 Å². The number of hydrogen-bond donors (Lipinski definition) is 1. The molecule has 2 rings (SSSR count). The largest absolute Gasteiger partial charge is 0.384 e. The van der Waals surface area contributed by atoms with Crippen molar-refractivity contribution in [3.8, 4) is 11.3 Å². The highest BCUT2D eigenvalue weighted by molar-refractivity contribution is 7.90. The highest BCUT2D eigenvalue weighted by Crippen LogP contribution is 2.23. The van der Waals surface area contributed by atoms with Crippen LogP contribution in [0.4, 0.5) is 5.82 Å². The third-order valence-electron chi connectivity index (χ3n) is 2.67. The first kappa shape index (κ1) is 12.6. The Morgan fingerprint density at radius 2 is 1.67 bits per heavy atom. The normalized spacial score (nSPS) is 11.4. The quantitative estimate of drug-likeness (QED) is 0.899. The number of nitrogens with two attached hydrogens (primary N) is 1. The van der Waals surface area contributed by atoms with Crippen molar-refractivity contribution in [2.45, 2.75) is 11.8 Å². The Hall–Kier alpha value is -1.88. The van der Waals surface area contributed by atoms with Crippen LogP contribution in [0.2, 0.25) is 0 Å². The Kier molecular flexibility index (Phi) is 3.09. The number of nitrogen functional groups attached to an aromatic ring is 1. The van der Waals surface area contributed by atoms with Crippen molar-refractivity contribution in [1.82, 2.24) is 4.98 Å². The van der Waals surface area contributed by atoms with Crippen molar-refractivity contribution in [3.05, 3.63) is 42.0 Å².